The number of rotatable bonds is 8. The van der Waals surface area contributed by atoms with E-state index < -0.39 is 0 Å². The number of hydrogen-bond donors (Lipinski definition) is 3. The number of imidazole rings is 1. The molecule has 8 nitrogen and oxygen atoms in total. The summed E-state index contributed by atoms with van der Waals surface area (Å²) in [7, 11) is 0. The minimum Gasteiger partial charge on any atom is -0.382 e. The van der Waals surface area contributed by atoms with Crippen LogP contribution >= 0.6 is 23.4 Å². The van der Waals surface area contributed by atoms with Crippen molar-refractivity contribution < 1.29 is 0 Å². The summed E-state index contributed by atoms with van der Waals surface area (Å²) < 4.78 is 2.10. The first kappa shape index (κ1) is 20.6. The van der Waals surface area contributed by atoms with Gasteiger partial charge in [-0.3, -0.25) is 5.10 Å². The molecule has 0 spiro atoms. The molecule has 10 heteroatoms. The van der Waals surface area contributed by atoms with Gasteiger partial charge in [0.2, 0.25) is 0 Å². The lowest BCUT2D eigenvalue weighted by molar-refractivity contribution is 0.525. The first-order valence-electron chi connectivity index (χ1n) is 9.70. The quantitative estimate of drug-likeness (QED) is 0.354. The maximum Gasteiger partial charge on any atom is 0.175 e. The van der Waals surface area contributed by atoms with Crippen molar-refractivity contribution in [2.75, 3.05) is 12.3 Å². The van der Waals surface area contributed by atoms with E-state index in [1.165, 1.54) is 6.33 Å². The van der Waals surface area contributed by atoms with Gasteiger partial charge in [-0.1, -0.05) is 37.2 Å². The number of benzene rings is 1. The number of nitrogen functional groups attached to an aromatic ring is 1. The highest BCUT2D eigenvalue weighted by Gasteiger charge is 2.18. The zero-order valence-electron chi connectivity index (χ0n) is 16.8. The first-order chi connectivity index (χ1) is 14.5. The molecule has 3 heterocycles. The van der Waals surface area contributed by atoms with Crippen molar-refractivity contribution in [1.82, 2.24) is 35.0 Å². The molecule has 0 unspecified atom stereocenters. The van der Waals surface area contributed by atoms with Gasteiger partial charge in [-0.15, -0.1) is 0 Å². The fourth-order valence-corrected chi connectivity index (χ4v) is 4.36. The predicted octanol–water partition coefficient (Wildman–Crippen LogP) is 3.99. The molecule has 0 atom stereocenters. The lowest BCUT2D eigenvalue weighted by Gasteiger charge is -2.12. The molecule has 0 amide bonds. The van der Waals surface area contributed by atoms with E-state index in [1.54, 1.807) is 18.0 Å². The number of hydrogen-bond acceptors (Lipinski definition) is 7. The maximum atomic E-state index is 6.26. The second-order valence-electron chi connectivity index (χ2n) is 7.15. The van der Waals surface area contributed by atoms with Crippen molar-refractivity contribution in [2.24, 2.45) is 0 Å². The van der Waals surface area contributed by atoms with E-state index in [0.717, 1.165) is 46.5 Å². The van der Waals surface area contributed by atoms with E-state index in [9.17, 15) is 0 Å². The number of nitrogens with zero attached hydrogens (tertiary/aromatic N) is 5. The second-order valence-corrected chi connectivity index (χ2v) is 8.60. The van der Waals surface area contributed by atoms with Gasteiger partial charge in [0.1, 0.15) is 6.33 Å². The minimum absolute atomic E-state index is 0.380. The van der Waals surface area contributed by atoms with Crippen molar-refractivity contribution in [3.05, 3.63) is 41.8 Å². The zero-order valence-corrected chi connectivity index (χ0v) is 18.3. The van der Waals surface area contributed by atoms with E-state index in [-0.39, 0.29) is 0 Å². The highest BCUT2D eigenvalue weighted by Crippen LogP contribution is 2.38. The molecule has 4 N–H and O–H groups in total. The summed E-state index contributed by atoms with van der Waals surface area (Å²) in [6, 6.07) is 8.15. The van der Waals surface area contributed by atoms with Crippen LogP contribution in [0.2, 0.25) is 5.02 Å². The average Bonchev–Trinajstić information content (AvgIpc) is 3.36. The molecule has 156 valence electrons. The molecular formula is C20H23ClN8S. The van der Waals surface area contributed by atoms with E-state index in [2.05, 4.69) is 43.9 Å². The summed E-state index contributed by atoms with van der Waals surface area (Å²) in [5.41, 5.74) is 9.29. The molecule has 0 aliphatic heterocycles. The number of nitrogens with one attached hydrogen (secondary N) is 2. The Kier molecular flexibility index (Phi) is 6.21. The number of aromatic amines is 1. The van der Waals surface area contributed by atoms with E-state index in [0.29, 0.717) is 22.4 Å². The molecule has 30 heavy (non-hydrogen) atoms. The molecule has 1 aromatic carbocycles. The SMILES string of the molecule is CC(C)NCCCn1c(Sc2ccc(Cl)cc2-c2ccn[nH]2)nc2c(N)ncnc21. The Balaban J connectivity index is 1.71. The standard InChI is InChI=1S/C20H23ClN8S/c1-12(2)23-7-3-9-29-19-17(18(22)24-11-25-19)27-20(29)30-16-5-4-13(21)10-14(16)15-6-8-26-28-15/h4-6,8,10-12,23H,3,7,9H2,1-2H3,(H,26,28)(H2,22,24,25). The zero-order chi connectivity index (χ0) is 21.1. The highest BCUT2D eigenvalue weighted by molar-refractivity contribution is 7.99. The van der Waals surface area contributed by atoms with Crippen molar-refractivity contribution in [1.29, 1.82) is 0 Å². The summed E-state index contributed by atoms with van der Waals surface area (Å²) in [6.07, 6.45) is 4.14. The predicted molar refractivity (Wildman–Crippen MR) is 121 cm³/mol. The van der Waals surface area contributed by atoms with Crippen molar-refractivity contribution in [2.45, 2.75) is 42.9 Å². The Morgan fingerprint density at radius 1 is 1.27 bits per heavy atom. The van der Waals surface area contributed by atoms with Gasteiger partial charge in [-0.25, -0.2) is 15.0 Å². The Labute approximate surface area is 183 Å². The van der Waals surface area contributed by atoms with Crippen LogP contribution in [0.15, 0.2) is 46.8 Å². The van der Waals surface area contributed by atoms with Crippen LogP contribution in [0, 0.1) is 0 Å². The molecule has 0 aliphatic carbocycles. The van der Waals surface area contributed by atoms with Gasteiger partial charge in [0, 0.05) is 34.3 Å². The van der Waals surface area contributed by atoms with E-state index >= 15 is 0 Å². The summed E-state index contributed by atoms with van der Waals surface area (Å²) in [4.78, 5) is 14.3. The minimum atomic E-state index is 0.380. The third-order valence-corrected chi connectivity index (χ3v) is 5.88. The number of fused-ring (bicyclic) bond motifs is 1. The number of anilines is 1. The van der Waals surface area contributed by atoms with Crippen LogP contribution in [0.1, 0.15) is 20.3 Å². The molecule has 0 bridgehead atoms. The van der Waals surface area contributed by atoms with Gasteiger partial charge < -0.3 is 15.6 Å². The van der Waals surface area contributed by atoms with Crippen LogP contribution in [0.4, 0.5) is 5.82 Å². The van der Waals surface area contributed by atoms with Crippen LogP contribution in [0.25, 0.3) is 22.4 Å². The fraction of sp³-hybridized carbons (Fsp3) is 0.300. The lowest BCUT2D eigenvalue weighted by Crippen LogP contribution is -2.24. The smallest absolute Gasteiger partial charge is 0.175 e. The third kappa shape index (κ3) is 4.43. The number of aryl methyl sites for hydroxylation is 1. The fourth-order valence-electron chi connectivity index (χ4n) is 3.15. The molecular weight excluding hydrogens is 420 g/mol. The van der Waals surface area contributed by atoms with Gasteiger partial charge >= 0.3 is 0 Å². The number of H-pyrrole nitrogens is 1. The molecule has 0 aliphatic rings. The highest BCUT2D eigenvalue weighted by atomic mass is 35.5. The normalized spacial score (nSPS) is 11.6. The van der Waals surface area contributed by atoms with Gasteiger partial charge in [0.25, 0.3) is 0 Å². The number of nitrogens with two attached hydrogens (primary N) is 1. The van der Waals surface area contributed by atoms with Gasteiger partial charge in [0.05, 0.1) is 5.69 Å². The van der Waals surface area contributed by atoms with Crippen LogP contribution in [-0.4, -0.2) is 42.3 Å². The first-order valence-corrected chi connectivity index (χ1v) is 10.9. The molecule has 4 rings (SSSR count). The average molecular weight is 443 g/mol. The van der Waals surface area contributed by atoms with Crippen molar-refractivity contribution >= 4 is 40.3 Å². The van der Waals surface area contributed by atoms with E-state index in [1.807, 2.05) is 24.3 Å². The number of halogens is 1. The monoisotopic (exact) mass is 442 g/mol. The molecule has 0 saturated carbocycles. The molecule has 0 saturated heterocycles. The second kappa shape index (κ2) is 9.03. The van der Waals surface area contributed by atoms with Crippen molar-refractivity contribution in [3.63, 3.8) is 0 Å². The van der Waals surface area contributed by atoms with Gasteiger partial charge in [0.15, 0.2) is 22.1 Å². The molecule has 4 aromatic rings. The Bertz CT molecular complexity index is 1140. The Morgan fingerprint density at radius 2 is 2.13 bits per heavy atom. The molecule has 0 fully saturated rings. The van der Waals surface area contributed by atoms with E-state index in [4.69, 9.17) is 22.3 Å². The number of aromatic nitrogens is 6. The summed E-state index contributed by atoms with van der Waals surface area (Å²) in [5.74, 6) is 0.380. The summed E-state index contributed by atoms with van der Waals surface area (Å²) in [6.45, 7) is 5.95. The Hall–Kier alpha value is -2.62. The van der Waals surface area contributed by atoms with Crippen LogP contribution in [0.3, 0.4) is 0 Å². The summed E-state index contributed by atoms with van der Waals surface area (Å²) >= 11 is 7.81. The van der Waals surface area contributed by atoms with Crippen molar-refractivity contribution in [3.8, 4) is 11.3 Å². The lowest BCUT2D eigenvalue weighted by atomic mass is 10.1. The Morgan fingerprint density at radius 3 is 2.90 bits per heavy atom. The summed E-state index contributed by atoms with van der Waals surface area (Å²) in [5, 5.41) is 12.0. The molecule has 3 aromatic heterocycles. The van der Waals surface area contributed by atoms with Gasteiger partial charge in [-0.2, -0.15) is 5.10 Å². The van der Waals surface area contributed by atoms with Gasteiger partial charge in [-0.05, 0) is 37.2 Å². The van der Waals surface area contributed by atoms with Crippen LogP contribution in [0.5, 0.6) is 0 Å². The topological polar surface area (TPSA) is 110 Å². The third-order valence-electron chi connectivity index (χ3n) is 4.57. The largest absolute Gasteiger partial charge is 0.382 e. The van der Waals surface area contributed by atoms with Crippen LogP contribution in [-0.2, 0) is 6.54 Å². The maximum absolute atomic E-state index is 6.26. The molecule has 0 radical (unpaired) electrons. The van der Waals surface area contributed by atoms with Crippen LogP contribution < -0.4 is 11.1 Å².